The van der Waals surface area contributed by atoms with Crippen molar-refractivity contribution in [3.8, 4) is 0 Å². The summed E-state index contributed by atoms with van der Waals surface area (Å²) >= 11 is 0. The second-order valence-electron chi connectivity index (χ2n) is 4.11. The van der Waals surface area contributed by atoms with Crippen LogP contribution in [0, 0.1) is 0 Å². The Hall–Kier alpha value is -1.03. The number of hydrogen-bond donors (Lipinski definition) is 1. The molecule has 0 aromatic carbocycles. The maximum absolute atomic E-state index is 13.5. The van der Waals surface area contributed by atoms with Gasteiger partial charge >= 0.3 is 0 Å². The highest BCUT2D eigenvalue weighted by atomic mass is 19.3. The van der Waals surface area contributed by atoms with Crippen LogP contribution in [0.15, 0.2) is 24.5 Å². The Morgan fingerprint density at radius 3 is 2.21 bits per heavy atom. The number of nitrogens with zero attached hydrogens (tertiary/aromatic N) is 1. The molecule has 0 spiro atoms. The van der Waals surface area contributed by atoms with E-state index in [1.807, 2.05) is 0 Å². The predicted molar refractivity (Wildman–Crippen MR) is 51.0 cm³/mol. The van der Waals surface area contributed by atoms with Crippen LogP contribution in [0.5, 0.6) is 0 Å². The van der Waals surface area contributed by atoms with E-state index in [1.54, 1.807) is 13.8 Å². The van der Waals surface area contributed by atoms with E-state index in [0.29, 0.717) is 0 Å². The lowest BCUT2D eigenvalue weighted by Gasteiger charge is -2.25. The first kappa shape index (κ1) is 11.0. The summed E-state index contributed by atoms with van der Waals surface area (Å²) in [6, 6.07) is 2.62. The standard InChI is InChI=1S/C10H14F2N2/c1-9(2,13)7-10(11,12)8-3-5-14-6-4-8/h3-6H,7,13H2,1-2H3. The summed E-state index contributed by atoms with van der Waals surface area (Å²) in [6.07, 6.45) is 2.34. The summed E-state index contributed by atoms with van der Waals surface area (Å²) in [7, 11) is 0. The van der Waals surface area contributed by atoms with Gasteiger partial charge < -0.3 is 5.73 Å². The van der Waals surface area contributed by atoms with Crippen molar-refractivity contribution in [2.24, 2.45) is 5.73 Å². The third kappa shape index (κ3) is 3.03. The number of alkyl halides is 2. The zero-order valence-electron chi connectivity index (χ0n) is 8.30. The summed E-state index contributed by atoms with van der Waals surface area (Å²) in [4.78, 5) is 3.69. The third-order valence-corrected chi connectivity index (χ3v) is 1.78. The number of rotatable bonds is 3. The molecule has 14 heavy (non-hydrogen) atoms. The summed E-state index contributed by atoms with van der Waals surface area (Å²) in [6.45, 7) is 3.17. The molecule has 0 amide bonds. The van der Waals surface area contributed by atoms with Gasteiger partial charge in [-0.2, -0.15) is 0 Å². The molecule has 0 unspecified atom stereocenters. The molecular formula is C10H14F2N2. The molecule has 0 saturated heterocycles. The van der Waals surface area contributed by atoms with Crippen LogP contribution in [-0.2, 0) is 5.92 Å². The molecule has 0 aliphatic rings. The molecule has 1 rings (SSSR count). The molecule has 2 N–H and O–H groups in total. The zero-order valence-corrected chi connectivity index (χ0v) is 8.30. The molecule has 4 heteroatoms. The quantitative estimate of drug-likeness (QED) is 0.813. The van der Waals surface area contributed by atoms with Crippen molar-refractivity contribution in [2.75, 3.05) is 0 Å². The summed E-state index contributed by atoms with van der Waals surface area (Å²) in [5.74, 6) is -2.89. The van der Waals surface area contributed by atoms with Crippen LogP contribution in [0.4, 0.5) is 8.78 Å². The lowest BCUT2D eigenvalue weighted by atomic mass is 9.94. The molecule has 2 nitrogen and oxygen atoms in total. The average molecular weight is 200 g/mol. The zero-order chi connectivity index (χ0) is 10.8. The minimum Gasteiger partial charge on any atom is -0.325 e. The number of pyridine rings is 1. The van der Waals surface area contributed by atoms with E-state index in [-0.39, 0.29) is 12.0 Å². The molecule has 0 aliphatic heterocycles. The molecule has 1 heterocycles. The van der Waals surface area contributed by atoms with Gasteiger partial charge in [-0.25, -0.2) is 8.78 Å². The van der Waals surface area contributed by atoms with Crippen LogP contribution in [0.25, 0.3) is 0 Å². The van der Waals surface area contributed by atoms with Crippen molar-refractivity contribution in [1.82, 2.24) is 4.98 Å². The largest absolute Gasteiger partial charge is 0.325 e. The van der Waals surface area contributed by atoms with E-state index in [1.165, 1.54) is 24.5 Å². The van der Waals surface area contributed by atoms with Crippen molar-refractivity contribution >= 4 is 0 Å². The molecule has 0 fully saturated rings. The highest BCUT2D eigenvalue weighted by Gasteiger charge is 2.36. The monoisotopic (exact) mass is 200 g/mol. The summed E-state index contributed by atoms with van der Waals surface area (Å²) in [5, 5.41) is 0. The highest BCUT2D eigenvalue weighted by molar-refractivity contribution is 5.17. The van der Waals surface area contributed by atoms with Crippen LogP contribution >= 0.6 is 0 Å². The normalized spacial score (nSPS) is 12.9. The number of halogens is 2. The SMILES string of the molecule is CC(C)(N)CC(F)(F)c1ccncc1. The summed E-state index contributed by atoms with van der Waals surface area (Å²) < 4.78 is 27.1. The van der Waals surface area contributed by atoms with Crippen molar-refractivity contribution in [3.05, 3.63) is 30.1 Å². The van der Waals surface area contributed by atoms with Gasteiger partial charge in [0.15, 0.2) is 0 Å². The molecule has 78 valence electrons. The van der Waals surface area contributed by atoms with E-state index >= 15 is 0 Å². The molecule has 1 aromatic rings. The molecule has 0 atom stereocenters. The lowest BCUT2D eigenvalue weighted by molar-refractivity contribution is -0.0296. The van der Waals surface area contributed by atoms with Gasteiger partial charge in [-0.05, 0) is 26.0 Å². The van der Waals surface area contributed by atoms with E-state index in [2.05, 4.69) is 4.98 Å². The molecule has 0 saturated carbocycles. The highest BCUT2D eigenvalue weighted by Crippen LogP contribution is 2.34. The Labute approximate surface area is 82.1 Å². The second-order valence-corrected chi connectivity index (χ2v) is 4.11. The Kier molecular flexibility index (Phi) is 2.85. The van der Waals surface area contributed by atoms with E-state index in [9.17, 15) is 8.78 Å². The van der Waals surface area contributed by atoms with Crippen molar-refractivity contribution in [1.29, 1.82) is 0 Å². The molecular weight excluding hydrogens is 186 g/mol. The molecule has 1 aromatic heterocycles. The number of hydrogen-bond acceptors (Lipinski definition) is 2. The minimum absolute atomic E-state index is 0.0361. The van der Waals surface area contributed by atoms with Gasteiger partial charge in [-0.15, -0.1) is 0 Å². The smallest absolute Gasteiger partial charge is 0.275 e. The minimum atomic E-state index is -2.89. The van der Waals surface area contributed by atoms with Crippen molar-refractivity contribution in [3.63, 3.8) is 0 Å². The first-order valence-electron chi connectivity index (χ1n) is 4.38. The van der Waals surface area contributed by atoms with Crippen LogP contribution in [0.2, 0.25) is 0 Å². The first-order chi connectivity index (χ1) is 6.31. The van der Waals surface area contributed by atoms with Gasteiger partial charge in [0.2, 0.25) is 0 Å². The van der Waals surface area contributed by atoms with E-state index in [0.717, 1.165) is 0 Å². The first-order valence-corrected chi connectivity index (χ1v) is 4.38. The summed E-state index contributed by atoms with van der Waals surface area (Å²) in [5.41, 5.74) is 4.65. The Morgan fingerprint density at radius 1 is 1.29 bits per heavy atom. The fraction of sp³-hybridized carbons (Fsp3) is 0.500. The molecule has 0 bridgehead atoms. The molecule has 0 aliphatic carbocycles. The van der Waals surface area contributed by atoms with Crippen LogP contribution in [0.1, 0.15) is 25.8 Å². The fourth-order valence-corrected chi connectivity index (χ4v) is 1.27. The van der Waals surface area contributed by atoms with E-state index in [4.69, 9.17) is 5.73 Å². The molecule has 0 radical (unpaired) electrons. The maximum atomic E-state index is 13.5. The van der Waals surface area contributed by atoms with Gasteiger partial charge in [-0.3, -0.25) is 4.98 Å². The van der Waals surface area contributed by atoms with Gasteiger partial charge in [0, 0.05) is 29.9 Å². The van der Waals surface area contributed by atoms with Crippen LogP contribution in [0.3, 0.4) is 0 Å². The maximum Gasteiger partial charge on any atom is 0.275 e. The predicted octanol–water partition coefficient (Wildman–Crippen LogP) is 2.30. The average Bonchev–Trinajstić information content (AvgIpc) is 2.01. The fourth-order valence-electron chi connectivity index (χ4n) is 1.27. The topological polar surface area (TPSA) is 38.9 Å². The Balaban J connectivity index is 2.86. The number of nitrogens with two attached hydrogens (primary N) is 1. The van der Waals surface area contributed by atoms with Gasteiger partial charge in [-0.1, -0.05) is 0 Å². The van der Waals surface area contributed by atoms with Crippen LogP contribution in [-0.4, -0.2) is 10.5 Å². The van der Waals surface area contributed by atoms with Gasteiger partial charge in [0.25, 0.3) is 5.92 Å². The Bertz CT molecular complexity index is 291. The van der Waals surface area contributed by atoms with Crippen molar-refractivity contribution < 1.29 is 8.78 Å². The third-order valence-electron chi connectivity index (χ3n) is 1.78. The number of aromatic nitrogens is 1. The van der Waals surface area contributed by atoms with E-state index < -0.39 is 11.5 Å². The second kappa shape index (κ2) is 3.61. The van der Waals surface area contributed by atoms with Crippen LogP contribution < -0.4 is 5.73 Å². The van der Waals surface area contributed by atoms with Gasteiger partial charge in [0.05, 0.1) is 0 Å². The van der Waals surface area contributed by atoms with Crippen molar-refractivity contribution in [2.45, 2.75) is 31.7 Å². The van der Waals surface area contributed by atoms with Gasteiger partial charge in [0.1, 0.15) is 0 Å². The Morgan fingerprint density at radius 2 is 1.79 bits per heavy atom. The lowest BCUT2D eigenvalue weighted by Crippen LogP contribution is -2.38.